The number of imidazole rings is 1. The SMILES string of the molecule is Cn1c(=O)n(C2CCC(=O)NC2=O)c2ccc(N3CCC(CN4CCC(c5ccc(Cc6nc(N7CCCCC7)cnc6C(N)=O)cc5)CC4)CC3)cc21. The van der Waals surface area contributed by atoms with Gasteiger partial charge in [0, 0.05) is 58.3 Å². The Morgan fingerprint density at radius 2 is 1.59 bits per heavy atom. The maximum Gasteiger partial charge on any atom is 0.329 e. The van der Waals surface area contributed by atoms with E-state index in [1.807, 2.05) is 6.07 Å². The largest absolute Gasteiger partial charge is 0.371 e. The summed E-state index contributed by atoms with van der Waals surface area (Å²) in [6.07, 6.45) is 10.8. The Balaban J connectivity index is 0.830. The minimum absolute atomic E-state index is 0.229. The van der Waals surface area contributed by atoms with Crippen molar-refractivity contribution in [2.24, 2.45) is 18.7 Å². The summed E-state index contributed by atoms with van der Waals surface area (Å²) < 4.78 is 3.15. The van der Waals surface area contributed by atoms with Crippen LogP contribution in [-0.4, -0.2) is 87.5 Å². The zero-order valence-electron chi connectivity index (χ0n) is 31.2. The number of hydrogen-bond donors (Lipinski definition) is 2. The number of nitrogens with zero attached hydrogens (tertiary/aromatic N) is 7. The van der Waals surface area contributed by atoms with Gasteiger partial charge in [0.1, 0.15) is 17.6 Å². The van der Waals surface area contributed by atoms with Crippen LogP contribution in [0.2, 0.25) is 0 Å². The van der Waals surface area contributed by atoms with E-state index in [9.17, 15) is 19.2 Å². The number of anilines is 2. The van der Waals surface area contributed by atoms with E-state index >= 15 is 0 Å². The molecule has 4 saturated heterocycles. The Morgan fingerprint density at radius 3 is 2.30 bits per heavy atom. The lowest BCUT2D eigenvalue weighted by Crippen LogP contribution is -2.44. The van der Waals surface area contributed by atoms with Crippen LogP contribution in [0.1, 0.15) is 97.1 Å². The second-order valence-electron chi connectivity index (χ2n) is 15.7. The average molecular weight is 734 g/mol. The number of rotatable bonds is 9. The van der Waals surface area contributed by atoms with Crippen molar-refractivity contribution < 1.29 is 14.4 Å². The number of imide groups is 1. The predicted molar refractivity (Wildman–Crippen MR) is 208 cm³/mol. The molecule has 2 aromatic heterocycles. The van der Waals surface area contributed by atoms with Crippen molar-refractivity contribution in [1.82, 2.24) is 29.3 Å². The molecule has 2 aromatic carbocycles. The van der Waals surface area contributed by atoms with Gasteiger partial charge >= 0.3 is 5.69 Å². The number of fused-ring (bicyclic) bond motifs is 1. The Labute approximate surface area is 315 Å². The molecule has 284 valence electrons. The summed E-state index contributed by atoms with van der Waals surface area (Å²) >= 11 is 0. The highest BCUT2D eigenvalue weighted by Gasteiger charge is 2.32. The fraction of sp³-hybridized carbons (Fsp3) is 0.512. The van der Waals surface area contributed by atoms with Gasteiger partial charge in [-0.2, -0.15) is 0 Å². The molecule has 4 fully saturated rings. The Bertz CT molecular complexity index is 2090. The van der Waals surface area contributed by atoms with Gasteiger partial charge in [-0.3, -0.25) is 28.8 Å². The highest BCUT2D eigenvalue weighted by molar-refractivity contribution is 6.00. The maximum absolute atomic E-state index is 13.2. The number of hydrogen-bond acceptors (Lipinski definition) is 9. The maximum atomic E-state index is 13.2. The lowest BCUT2D eigenvalue weighted by atomic mass is 9.87. The van der Waals surface area contributed by atoms with E-state index in [1.54, 1.807) is 22.4 Å². The van der Waals surface area contributed by atoms with E-state index in [0.29, 0.717) is 30.4 Å². The fourth-order valence-corrected chi connectivity index (χ4v) is 9.09. The van der Waals surface area contributed by atoms with E-state index in [1.165, 1.54) is 12.0 Å². The van der Waals surface area contributed by atoms with Crippen molar-refractivity contribution in [2.45, 2.75) is 76.2 Å². The van der Waals surface area contributed by atoms with Crippen molar-refractivity contribution in [1.29, 1.82) is 0 Å². The van der Waals surface area contributed by atoms with Crippen LogP contribution in [0.5, 0.6) is 0 Å². The Kier molecular flexibility index (Phi) is 10.2. The number of piperidine rings is 4. The van der Waals surface area contributed by atoms with Crippen LogP contribution in [0.15, 0.2) is 53.5 Å². The third kappa shape index (κ3) is 7.38. The number of nitrogens with two attached hydrogens (primary N) is 1. The Hall–Kier alpha value is -5.04. The fourth-order valence-electron chi connectivity index (χ4n) is 9.09. The second kappa shape index (κ2) is 15.4. The molecule has 13 heteroatoms. The molecular weight excluding hydrogens is 683 g/mol. The second-order valence-corrected chi connectivity index (χ2v) is 15.7. The summed E-state index contributed by atoms with van der Waals surface area (Å²) in [5, 5.41) is 2.38. The molecule has 13 nitrogen and oxygen atoms in total. The zero-order valence-corrected chi connectivity index (χ0v) is 31.2. The van der Waals surface area contributed by atoms with Crippen molar-refractivity contribution in [3.8, 4) is 0 Å². The first-order valence-corrected chi connectivity index (χ1v) is 19.7. The monoisotopic (exact) mass is 733 g/mol. The van der Waals surface area contributed by atoms with Crippen LogP contribution in [0.25, 0.3) is 11.0 Å². The molecule has 0 radical (unpaired) electrons. The van der Waals surface area contributed by atoms with Gasteiger partial charge in [0.2, 0.25) is 11.8 Å². The molecule has 0 bridgehead atoms. The van der Waals surface area contributed by atoms with Crippen molar-refractivity contribution >= 4 is 40.3 Å². The number of benzene rings is 2. The van der Waals surface area contributed by atoms with E-state index in [-0.39, 0.29) is 23.7 Å². The van der Waals surface area contributed by atoms with Crippen LogP contribution < -0.4 is 26.5 Å². The van der Waals surface area contributed by atoms with Crippen LogP contribution in [0, 0.1) is 5.92 Å². The molecule has 1 unspecified atom stereocenters. The quantitative estimate of drug-likeness (QED) is 0.244. The smallest absolute Gasteiger partial charge is 0.329 e. The molecule has 3 amide bonds. The number of nitrogens with one attached hydrogen (secondary N) is 1. The van der Waals surface area contributed by atoms with E-state index < -0.39 is 17.9 Å². The molecule has 3 N–H and O–H groups in total. The van der Waals surface area contributed by atoms with Crippen LogP contribution in [0.3, 0.4) is 0 Å². The first kappa shape index (κ1) is 36.0. The van der Waals surface area contributed by atoms with Crippen LogP contribution in [-0.2, 0) is 23.1 Å². The topological polar surface area (TPSA) is 152 Å². The lowest BCUT2D eigenvalue weighted by molar-refractivity contribution is -0.135. The first-order chi connectivity index (χ1) is 26.2. The van der Waals surface area contributed by atoms with Gasteiger partial charge in [0.15, 0.2) is 0 Å². The molecule has 0 saturated carbocycles. The number of aryl methyl sites for hydroxylation is 1. The molecule has 54 heavy (non-hydrogen) atoms. The molecule has 6 heterocycles. The average Bonchev–Trinajstić information content (AvgIpc) is 3.44. The zero-order chi connectivity index (χ0) is 37.3. The summed E-state index contributed by atoms with van der Waals surface area (Å²) in [7, 11) is 1.75. The lowest BCUT2D eigenvalue weighted by Gasteiger charge is -2.38. The normalized spacial score (nSPS) is 20.8. The summed E-state index contributed by atoms with van der Waals surface area (Å²) in [6, 6.07) is 14.2. The molecule has 0 spiro atoms. The summed E-state index contributed by atoms with van der Waals surface area (Å²) in [5.74, 6) is 0.781. The minimum Gasteiger partial charge on any atom is -0.371 e. The van der Waals surface area contributed by atoms with Crippen molar-refractivity contribution in [2.75, 3.05) is 55.6 Å². The highest BCUT2D eigenvalue weighted by atomic mass is 16.2. The third-order valence-corrected chi connectivity index (χ3v) is 12.2. The third-order valence-electron chi connectivity index (χ3n) is 12.2. The van der Waals surface area contributed by atoms with E-state index in [2.05, 4.69) is 61.4 Å². The highest BCUT2D eigenvalue weighted by Crippen LogP contribution is 2.32. The molecule has 4 aliphatic rings. The standard InChI is InChI=1S/C41H51N9O4/c1-46-35-24-31(9-10-33(35)50(41(46)54)34-11-12-37(51)45-40(34)53)48-21-13-28(14-22-48)26-47-19-15-30(16-20-47)29-7-5-27(6-8-29)23-32-38(39(42)52)43-25-36(44-32)49-17-3-2-4-18-49/h5-10,24-25,28,30,34H,2-4,11-23,26H2,1H3,(H2,42,52)(H,45,51,53). The van der Waals surface area contributed by atoms with Gasteiger partial charge in [-0.15, -0.1) is 0 Å². The van der Waals surface area contributed by atoms with E-state index in [0.717, 1.165) is 112 Å². The van der Waals surface area contributed by atoms with Gasteiger partial charge in [-0.05, 0) is 106 Å². The van der Waals surface area contributed by atoms with Crippen molar-refractivity contribution in [3.63, 3.8) is 0 Å². The van der Waals surface area contributed by atoms with Crippen molar-refractivity contribution in [3.05, 3.63) is 81.7 Å². The van der Waals surface area contributed by atoms with Gasteiger partial charge in [0.25, 0.3) is 5.91 Å². The van der Waals surface area contributed by atoms with Gasteiger partial charge in [0.05, 0.1) is 22.9 Å². The molecule has 4 aliphatic heterocycles. The number of likely N-dealkylation sites (tertiary alicyclic amines) is 1. The predicted octanol–water partition coefficient (Wildman–Crippen LogP) is 3.88. The Morgan fingerprint density at radius 1 is 0.852 bits per heavy atom. The molecular formula is C41H51N9O4. The number of amides is 3. The number of aromatic nitrogens is 4. The molecule has 4 aromatic rings. The van der Waals surface area contributed by atoms with Gasteiger partial charge < -0.3 is 20.4 Å². The number of primary amides is 1. The molecule has 0 aliphatic carbocycles. The molecule has 8 rings (SSSR count). The van der Waals surface area contributed by atoms with E-state index in [4.69, 9.17) is 10.7 Å². The summed E-state index contributed by atoms with van der Waals surface area (Å²) in [4.78, 5) is 66.3. The van der Waals surface area contributed by atoms with Crippen LogP contribution in [0.4, 0.5) is 11.5 Å². The van der Waals surface area contributed by atoms with Gasteiger partial charge in [-0.25, -0.2) is 14.8 Å². The first-order valence-electron chi connectivity index (χ1n) is 19.7. The summed E-state index contributed by atoms with van der Waals surface area (Å²) in [6.45, 7) is 7.19. The summed E-state index contributed by atoms with van der Waals surface area (Å²) in [5.41, 5.74) is 11.4. The minimum atomic E-state index is -0.677. The van der Waals surface area contributed by atoms with Crippen LogP contribution >= 0.6 is 0 Å². The number of carbonyl (C=O) groups excluding carboxylic acids is 3. The van der Waals surface area contributed by atoms with Gasteiger partial charge in [-0.1, -0.05) is 24.3 Å². The number of carbonyl (C=O) groups is 3. The molecule has 1 atom stereocenters.